The number of sulfonamides is 1. The first-order chi connectivity index (χ1) is 6.94. The fraction of sp³-hybridized carbons (Fsp3) is 0.333. The van der Waals surface area contributed by atoms with Crippen LogP contribution in [0.2, 0.25) is 0 Å². The molecule has 0 heterocycles. The third-order valence-corrected chi connectivity index (χ3v) is 3.48. The van der Waals surface area contributed by atoms with Gasteiger partial charge in [0.05, 0.1) is 5.69 Å². The van der Waals surface area contributed by atoms with Crippen LogP contribution >= 0.6 is 11.6 Å². The molecule has 84 valence electrons. The summed E-state index contributed by atoms with van der Waals surface area (Å²) < 4.78 is 24.8. The van der Waals surface area contributed by atoms with Crippen LogP contribution in [0.15, 0.2) is 24.3 Å². The minimum atomic E-state index is -3.42. The summed E-state index contributed by atoms with van der Waals surface area (Å²) in [6, 6.07) is 7.08. The van der Waals surface area contributed by atoms with Crippen molar-refractivity contribution in [3.05, 3.63) is 24.3 Å². The van der Waals surface area contributed by atoms with Gasteiger partial charge >= 0.3 is 0 Å². The zero-order chi connectivity index (χ0) is 11.5. The highest BCUT2D eigenvalue weighted by molar-refractivity contribution is 7.93. The number of nitrogens with zero attached hydrogens (tertiary/aromatic N) is 1. The van der Waals surface area contributed by atoms with Crippen LogP contribution < -0.4 is 9.62 Å². The van der Waals surface area contributed by atoms with Crippen LogP contribution in [-0.4, -0.2) is 27.7 Å². The Morgan fingerprint density at radius 1 is 1.40 bits per heavy atom. The molecule has 0 spiro atoms. The molecule has 0 aliphatic heterocycles. The van der Waals surface area contributed by atoms with E-state index in [0.29, 0.717) is 5.69 Å². The topological polar surface area (TPSA) is 49.4 Å². The molecule has 6 heteroatoms. The lowest BCUT2D eigenvalue weighted by molar-refractivity contribution is 0.605. The second-order valence-electron chi connectivity index (χ2n) is 3.27. The number of anilines is 2. The van der Waals surface area contributed by atoms with Gasteiger partial charge in [-0.3, -0.25) is 4.72 Å². The van der Waals surface area contributed by atoms with E-state index in [4.69, 9.17) is 11.6 Å². The summed E-state index contributed by atoms with van der Waals surface area (Å²) in [7, 11) is 0.350. The molecule has 0 saturated carbocycles. The first kappa shape index (κ1) is 12.1. The quantitative estimate of drug-likeness (QED) is 0.825. The molecule has 1 aromatic rings. The van der Waals surface area contributed by atoms with Crippen LogP contribution in [0.5, 0.6) is 0 Å². The van der Waals surface area contributed by atoms with Crippen molar-refractivity contribution in [2.24, 2.45) is 0 Å². The summed E-state index contributed by atoms with van der Waals surface area (Å²) in [5, 5.41) is -0.445. The van der Waals surface area contributed by atoms with Gasteiger partial charge in [-0.15, -0.1) is 11.6 Å². The van der Waals surface area contributed by atoms with E-state index in [2.05, 4.69) is 4.72 Å². The Morgan fingerprint density at radius 3 is 2.60 bits per heavy atom. The average Bonchev–Trinajstić information content (AvgIpc) is 2.17. The molecule has 0 aromatic heterocycles. The van der Waals surface area contributed by atoms with Crippen LogP contribution in [0, 0.1) is 0 Å². The number of benzene rings is 1. The van der Waals surface area contributed by atoms with Crippen LogP contribution in [0.1, 0.15) is 0 Å². The molecule has 0 aliphatic carbocycles. The second kappa shape index (κ2) is 4.72. The van der Waals surface area contributed by atoms with Gasteiger partial charge in [-0.25, -0.2) is 8.42 Å². The molecule has 0 radical (unpaired) electrons. The van der Waals surface area contributed by atoms with Crippen molar-refractivity contribution in [3.63, 3.8) is 0 Å². The summed E-state index contributed by atoms with van der Waals surface area (Å²) in [5.74, 6) is 0. The van der Waals surface area contributed by atoms with Crippen molar-refractivity contribution < 1.29 is 8.42 Å². The molecule has 1 rings (SSSR count). The molecule has 15 heavy (non-hydrogen) atoms. The normalized spacial score (nSPS) is 11.1. The van der Waals surface area contributed by atoms with E-state index in [1.165, 1.54) is 0 Å². The van der Waals surface area contributed by atoms with Gasteiger partial charge in [-0.05, 0) is 18.2 Å². The summed E-state index contributed by atoms with van der Waals surface area (Å²) in [6.07, 6.45) is 0. The highest BCUT2D eigenvalue weighted by Gasteiger charge is 2.08. The zero-order valence-corrected chi connectivity index (χ0v) is 10.1. The van der Waals surface area contributed by atoms with Crippen molar-refractivity contribution in [1.82, 2.24) is 0 Å². The Kier molecular flexibility index (Phi) is 3.82. The van der Waals surface area contributed by atoms with Crippen molar-refractivity contribution in [2.45, 2.75) is 0 Å². The molecule has 0 bridgehead atoms. The highest BCUT2D eigenvalue weighted by atomic mass is 35.5. The minimum Gasteiger partial charge on any atom is -0.378 e. The highest BCUT2D eigenvalue weighted by Crippen LogP contribution is 2.18. The first-order valence-electron chi connectivity index (χ1n) is 4.28. The van der Waals surface area contributed by atoms with Crippen molar-refractivity contribution in [2.75, 3.05) is 28.9 Å². The van der Waals surface area contributed by atoms with Gasteiger partial charge in [-0.2, -0.15) is 0 Å². The van der Waals surface area contributed by atoms with Gasteiger partial charge in [0.15, 0.2) is 0 Å². The van der Waals surface area contributed by atoms with E-state index in [1.54, 1.807) is 18.2 Å². The van der Waals surface area contributed by atoms with Crippen LogP contribution in [0.4, 0.5) is 11.4 Å². The Balaban J connectivity index is 2.92. The summed E-state index contributed by atoms with van der Waals surface area (Å²) in [6.45, 7) is 0. The fourth-order valence-electron chi connectivity index (χ4n) is 1.05. The number of nitrogens with one attached hydrogen (secondary N) is 1. The second-order valence-corrected chi connectivity index (χ2v) is 5.58. The molecule has 0 saturated heterocycles. The molecule has 1 aromatic carbocycles. The summed E-state index contributed by atoms with van der Waals surface area (Å²) in [4.78, 5) is 1.89. The van der Waals surface area contributed by atoms with E-state index in [-0.39, 0.29) is 0 Å². The SMILES string of the molecule is CN(C)c1cccc(NS(=O)(=O)CCl)c1. The van der Waals surface area contributed by atoms with Crippen LogP contribution in [-0.2, 0) is 10.0 Å². The molecule has 0 amide bonds. The Morgan fingerprint density at radius 2 is 2.07 bits per heavy atom. The van der Waals surface area contributed by atoms with Gasteiger partial charge < -0.3 is 4.90 Å². The van der Waals surface area contributed by atoms with Crippen molar-refractivity contribution >= 4 is 33.0 Å². The predicted octanol–water partition coefficient (Wildman–Crippen LogP) is 1.69. The van der Waals surface area contributed by atoms with Gasteiger partial charge in [0, 0.05) is 19.8 Å². The molecule has 0 unspecified atom stereocenters. The summed E-state index contributed by atoms with van der Waals surface area (Å²) >= 11 is 5.28. The standard InChI is InChI=1S/C9H13ClN2O2S/c1-12(2)9-5-3-4-8(6-9)11-15(13,14)7-10/h3-6,11H,7H2,1-2H3. The Bertz CT molecular complexity index is 431. The number of alkyl halides is 1. The number of rotatable bonds is 4. The number of halogens is 1. The lowest BCUT2D eigenvalue weighted by Crippen LogP contribution is -2.14. The van der Waals surface area contributed by atoms with Gasteiger partial charge in [-0.1, -0.05) is 6.07 Å². The van der Waals surface area contributed by atoms with E-state index in [0.717, 1.165) is 5.69 Å². The zero-order valence-electron chi connectivity index (χ0n) is 8.57. The van der Waals surface area contributed by atoms with Gasteiger partial charge in [0.25, 0.3) is 0 Å². The third-order valence-electron chi connectivity index (χ3n) is 1.78. The van der Waals surface area contributed by atoms with Crippen LogP contribution in [0.3, 0.4) is 0 Å². The monoisotopic (exact) mass is 248 g/mol. The molecular weight excluding hydrogens is 236 g/mol. The van der Waals surface area contributed by atoms with E-state index in [9.17, 15) is 8.42 Å². The first-order valence-corrected chi connectivity index (χ1v) is 6.47. The Hall–Kier alpha value is -0.940. The van der Waals surface area contributed by atoms with Gasteiger partial charge in [0.1, 0.15) is 5.21 Å². The van der Waals surface area contributed by atoms with Crippen LogP contribution in [0.25, 0.3) is 0 Å². The van der Waals surface area contributed by atoms with Crippen molar-refractivity contribution in [1.29, 1.82) is 0 Å². The van der Waals surface area contributed by atoms with E-state index < -0.39 is 15.2 Å². The minimum absolute atomic E-state index is 0.445. The van der Waals surface area contributed by atoms with E-state index >= 15 is 0 Å². The summed E-state index contributed by atoms with van der Waals surface area (Å²) in [5.41, 5.74) is 1.44. The smallest absolute Gasteiger partial charge is 0.246 e. The fourth-order valence-corrected chi connectivity index (χ4v) is 1.76. The molecule has 0 atom stereocenters. The lowest BCUT2D eigenvalue weighted by atomic mass is 10.3. The number of hydrogen-bond donors (Lipinski definition) is 1. The maximum atomic E-state index is 11.2. The molecule has 1 N–H and O–H groups in total. The lowest BCUT2D eigenvalue weighted by Gasteiger charge is -2.14. The van der Waals surface area contributed by atoms with Gasteiger partial charge in [0.2, 0.25) is 10.0 Å². The van der Waals surface area contributed by atoms with Crippen molar-refractivity contribution in [3.8, 4) is 0 Å². The third kappa shape index (κ3) is 3.60. The Labute approximate surface area is 94.9 Å². The molecule has 0 aliphatic rings. The van der Waals surface area contributed by atoms with E-state index in [1.807, 2.05) is 25.1 Å². The molecular formula is C9H13ClN2O2S. The average molecular weight is 249 g/mol. The number of hydrogen-bond acceptors (Lipinski definition) is 3. The predicted molar refractivity (Wildman–Crippen MR) is 64.0 cm³/mol. The maximum Gasteiger partial charge on any atom is 0.246 e. The molecule has 0 fully saturated rings. The largest absolute Gasteiger partial charge is 0.378 e. The maximum absolute atomic E-state index is 11.2. The molecule has 4 nitrogen and oxygen atoms in total.